The molecule has 0 fully saturated rings. The smallest absolute Gasteiger partial charge is 0.269 e. The predicted octanol–water partition coefficient (Wildman–Crippen LogP) is 2.85. The van der Waals surface area contributed by atoms with Crippen molar-refractivity contribution in [3.05, 3.63) is 69.8 Å². The average Bonchev–Trinajstić information content (AvgIpc) is 2.53. The zero-order valence-electron chi connectivity index (χ0n) is 11.8. The van der Waals surface area contributed by atoms with Crippen LogP contribution in [0.25, 0.3) is 0 Å². The number of carbonyl (C=O) groups is 1. The van der Waals surface area contributed by atoms with Crippen LogP contribution in [0.1, 0.15) is 28.9 Å². The van der Waals surface area contributed by atoms with Gasteiger partial charge in [0.2, 0.25) is 0 Å². The van der Waals surface area contributed by atoms with Crippen LogP contribution in [0.3, 0.4) is 0 Å². The van der Waals surface area contributed by atoms with E-state index in [4.69, 9.17) is 0 Å². The number of ketones is 1. The molecule has 2 aromatic rings. The second-order valence-electron chi connectivity index (χ2n) is 4.96. The molecule has 2 atom stereocenters. The summed E-state index contributed by atoms with van der Waals surface area (Å²) in [6.45, 7) is 1.54. The Kier molecular flexibility index (Phi) is 4.53. The largest absolute Gasteiger partial charge is 0.507 e. The Labute approximate surface area is 126 Å². The molecule has 0 spiro atoms. The number of nitrogens with zero attached hydrogens (tertiary/aromatic N) is 1. The van der Waals surface area contributed by atoms with E-state index in [9.17, 15) is 25.1 Å². The predicted molar refractivity (Wildman–Crippen MR) is 79.7 cm³/mol. The van der Waals surface area contributed by atoms with Crippen LogP contribution in [0.5, 0.6) is 5.75 Å². The van der Waals surface area contributed by atoms with Crippen LogP contribution in [0.2, 0.25) is 0 Å². The molecule has 6 nitrogen and oxygen atoms in total. The zero-order valence-corrected chi connectivity index (χ0v) is 11.8. The Bertz CT molecular complexity index is 696. The number of aromatic hydroxyl groups is 1. The topological polar surface area (TPSA) is 101 Å². The zero-order chi connectivity index (χ0) is 16.3. The molecular formula is C16H15NO5. The number of aliphatic hydroxyl groups excluding tert-OH is 1. The SMILES string of the molecule is C[C@@H](C(=O)c1ccccc1O)[C@@H](O)c1ccc([N+](=O)[O-])cc1. The van der Waals surface area contributed by atoms with Crippen molar-refractivity contribution >= 4 is 11.5 Å². The maximum Gasteiger partial charge on any atom is 0.269 e. The number of non-ortho nitro benzene ring substituents is 1. The summed E-state index contributed by atoms with van der Waals surface area (Å²) in [4.78, 5) is 22.4. The van der Waals surface area contributed by atoms with Crippen molar-refractivity contribution in [1.29, 1.82) is 0 Å². The number of rotatable bonds is 5. The van der Waals surface area contributed by atoms with Gasteiger partial charge in [-0.25, -0.2) is 0 Å². The fourth-order valence-electron chi connectivity index (χ4n) is 2.15. The summed E-state index contributed by atoms with van der Waals surface area (Å²) in [6.07, 6.45) is -1.12. The highest BCUT2D eigenvalue weighted by molar-refractivity contribution is 6.00. The standard InChI is InChI=1S/C16H15NO5/c1-10(16(20)13-4-2-3-5-14(13)18)15(19)11-6-8-12(9-7-11)17(21)22/h2-10,15,18-19H,1H3/t10-,15-/m1/s1. The van der Waals surface area contributed by atoms with Crippen molar-refractivity contribution in [3.63, 3.8) is 0 Å². The third kappa shape index (κ3) is 3.12. The first kappa shape index (κ1) is 15.7. The first-order valence-corrected chi connectivity index (χ1v) is 6.66. The number of hydrogen-bond donors (Lipinski definition) is 2. The highest BCUT2D eigenvalue weighted by Crippen LogP contribution is 2.29. The van der Waals surface area contributed by atoms with Crippen LogP contribution in [0.15, 0.2) is 48.5 Å². The molecule has 2 aromatic carbocycles. The van der Waals surface area contributed by atoms with Gasteiger partial charge >= 0.3 is 0 Å². The number of aliphatic hydroxyl groups is 1. The summed E-state index contributed by atoms with van der Waals surface area (Å²) in [6, 6.07) is 11.5. The van der Waals surface area contributed by atoms with Gasteiger partial charge in [0.15, 0.2) is 5.78 Å². The van der Waals surface area contributed by atoms with E-state index in [-0.39, 0.29) is 17.0 Å². The molecule has 0 amide bonds. The minimum absolute atomic E-state index is 0.0874. The number of benzene rings is 2. The Morgan fingerprint density at radius 2 is 1.73 bits per heavy atom. The molecule has 0 saturated heterocycles. The van der Waals surface area contributed by atoms with E-state index in [1.165, 1.54) is 36.4 Å². The summed E-state index contributed by atoms with van der Waals surface area (Å²) in [5.41, 5.74) is 0.452. The van der Waals surface area contributed by atoms with E-state index in [0.717, 1.165) is 0 Å². The Morgan fingerprint density at radius 1 is 1.14 bits per heavy atom. The monoisotopic (exact) mass is 301 g/mol. The lowest BCUT2D eigenvalue weighted by Crippen LogP contribution is -2.19. The van der Waals surface area contributed by atoms with Gasteiger partial charge in [-0.3, -0.25) is 14.9 Å². The maximum absolute atomic E-state index is 12.3. The number of carbonyl (C=O) groups excluding carboxylic acids is 1. The first-order valence-electron chi connectivity index (χ1n) is 6.66. The molecule has 0 bridgehead atoms. The van der Waals surface area contributed by atoms with Gasteiger partial charge in [-0.2, -0.15) is 0 Å². The lowest BCUT2D eigenvalue weighted by Gasteiger charge is -2.18. The van der Waals surface area contributed by atoms with Crippen LogP contribution in [-0.2, 0) is 0 Å². The van der Waals surface area contributed by atoms with Crippen LogP contribution in [-0.4, -0.2) is 20.9 Å². The van der Waals surface area contributed by atoms with Crippen molar-refractivity contribution in [2.45, 2.75) is 13.0 Å². The summed E-state index contributed by atoms with van der Waals surface area (Å²) in [5.74, 6) is -1.34. The highest BCUT2D eigenvalue weighted by Gasteiger charge is 2.26. The summed E-state index contributed by atoms with van der Waals surface area (Å²) in [7, 11) is 0. The molecule has 22 heavy (non-hydrogen) atoms. The number of phenols is 1. The number of phenolic OH excluding ortho intramolecular Hbond substituents is 1. The van der Waals surface area contributed by atoms with E-state index >= 15 is 0 Å². The average molecular weight is 301 g/mol. The number of para-hydroxylation sites is 1. The van der Waals surface area contributed by atoms with E-state index in [1.807, 2.05) is 0 Å². The van der Waals surface area contributed by atoms with Crippen molar-refractivity contribution < 1.29 is 19.9 Å². The minimum Gasteiger partial charge on any atom is -0.507 e. The normalized spacial score (nSPS) is 13.4. The molecule has 0 aliphatic rings. The van der Waals surface area contributed by atoms with Crippen molar-refractivity contribution in [2.24, 2.45) is 5.92 Å². The van der Waals surface area contributed by atoms with Crippen LogP contribution >= 0.6 is 0 Å². The Balaban J connectivity index is 2.21. The summed E-state index contributed by atoms with van der Waals surface area (Å²) >= 11 is 0. The van der Waals surface area contributed by atoms with Gasteiger partial charge in [0.05, 0.1) is 16.6 Å². The van der Waals surface area contributed by atoms with Gasteiger partial charge in [-0.1, -0.05) is 19.1 Å². The van der Waals surface area contributed by atoms with Crippen LogP contribution < -0.4 is 0 Å². The third-order valence-corrected chi connectivity index (χ3v) is 3.50. The van der Waals surface area contributed by atoms with Gasteiger partial charge in [0.1, 0.15) is 5.75 Å². The van der Waals surface area contributed by atoms with E-state index in [1.54, 1.807) is 19.1 Å². The minimum atomic E-state index is -1.12. The van der Waals surface area contributed by atoms with Crippen molar-refractivity contribution in [2.75, 3.05) is 0 Å². The van der Waals surface area contributed by atoms with Gasteiger partial charge in [-0.05, 0) is 29.8 Å². The molecule has 0 aromatic heterocycles. The fourth-order valence-corrected chi connectivity index (χ4v) is 2.15. The van der Waals surface area contributed by atoms with Gasteiger partial charge in [0, 0.05) is 18.1 Å². The molecule has 2 rings (SSSR count). The number of Topliss-reactive ketones (excluding diaryl/α,β-unsaturated/α-hetero) is 1. The van der Waals surface area contributed by atoms with Crippen molar-refractivity contribution in [3.8, 4) is 5.75 Å². The molecule has 6 heteroatoms. The lowest BCUT2D eigenvalue weighted by molar-refractivity contribution is -0.384. The van der Waals surface area contributed by atoms with Crippen LogP contribution in [0.4, 0.5) is 5.69 Å². The molecule has 0 saturated carbocycles. The summed E-state index contributed by atoms with van der Waals surface area (Å²) < 4.78 is 0. The van der Waals surface area contributed by atoms with Gasteiger partial charge < -0.3 is 10.2 Å². The highest BCUT2D eigenvalue weighted by atomic mass is 16.6. The number of nitro groups is 1. The van der Waals surface area contributed by atoms with Gasteiger partial charge in [0.25, 0.3) is 5.69 Å². The molecule has 0 heterocycles. The number of nitro benzene ring substituents is 1. The second-order valence-corrected chi connectivity index (χ2v) is 4.96. The van der Waals surface area contributed by atoms with E-state index in [0.29, 0.717) is 5.56 Å². The molecule has 2 N–H and O–H groups in total. The number of hydrogen-bond acceptors (Lipinski definition) is 5. The first-order chi connectivity index (χ1) is 10.4. The lowest BCUT2D eigenvalue weighted by atomic mass is 9.90. The Hall–Kier alpha value is -2.73. The van der Waals surface area contributed by atoms with Crippen molar-refractivity contribution in [1.82, 2.24) is 0 Å². The molecule has 0 unspecified atom stereocenters. The van der Waals surface area contributed by atoms with Crippen LogP contribution in [0, 0.1) is 16.0 Å². The molecule has 0 radical (unpaired) electrons. The molecule has 114 valence electrons. The quantitative estimate of drug-likeness (QED) is 0.502. The third-order valence-electron chi connectivity index (χ3n) is 3.50. The fraction of sp³-hybridized carbons (Fsp3) is 0.188. The summed E-state index contributed by atoms with van der Waals surface area (Å²) in [5, 5.41) is 30.6. The maximum atomic E-state index is 12.3. The van der Waals surface area contributed by atoms with E-state index < -0.39 is 22.7 Å². The Morgan fingerprint density at radius 3 is 2.27 bits per heavy atom. The second kappa shape index (κ2) is 6.36. The van der Waals surface area contributed by atoms with E-state index in [2.05, 4.69) is 0 Å². The molecule has 0 aliphatic heterocycles. The molecule has 0 aliphatic carbocycles. The van der Waals surface area contributed by atoms with Gasteiger partial charge in [-0.15, -0.1) is 0 Å². The molecular weight excluding hydrogens is 286 g/mol.